The molecule has 0 aromatic carbocycles. The van der Waals surface area contributed by atoms with Crippen molar-refractivity contribution >= 4 is 37.7 Å². The summed E-state index contributed by atoms with van der Waals surface area (Å²) in [5, 5.41) is 0. The Labute approximate surface area is 133 Å². The fraction of sp³-hybridized carbons (Fsp3) is 0.667. The molecule has 0 unspecified atom stereocenters. The van der Waals surface area contributed by atoms with E-state index in [0.717, 1.165) is 12.8 Å². The molecule has 3 N–H and O–H groups in total. The van der Waals surface area contributed by atoms with Crippen molar-refractivity contribution in [2.45, 2.75) is 42.9 Å². The van der Waals surface area contributed by atoms with Gasteiger partial charge in [-0.2, -0.15) is 11.8 Å². The molecule has 0 fully saturated rings. The molecular formula is C12H21BrN2O3S2. The number of thioether (sulfide) groups is 1. The summed E-state index contributed by atoms with van der Waals surface area (Å²) in [4.78, 5) is 0.0974. The topological polar surface area (TPSA) is 85.3 Å². The number of sulfonamides is 1. The number of nitrogens with one attached hydrogen (secondary N) is 1. The van der Waals surface area contributed by atoms with Crippen molar-refractivity contribution in [2.75, 3.05) is 12.8 Å². The lowest BCUT2D eigenvalue weighted by atomic mass is 10.0. The van der Waals surface area contributed by atoms with Gasteiger partial charge >= 0.3 is 0 Å². The van der Waals surface area contributed by atoms with Gasteiger partial charge in [0.05, 0.1) is 6.54 Å². The van der Waals surface area contributed by atoms with Crippen LogP contribution in [0.5, 0.6) is 0 Å². The second kappa shape index (κ2) is 7.31. The van der Waals surface area contributed by atoms with E-state index >= 15 is 0 Å². The smallest absolute Gasteiger partial charge is 0.245 e. The maximum Gasteiger partial charge on any atom is 0.245 e. The van der Waals surface area contributed by atoms with Crippen molar-refractivity contribution in [1.29, 1.82) is 0 Å². The summed E-state index contributed by atoms with van der Waals surface area (Å²) in [6.07, 6.45) is 3.79. The van der Waals surface area contributed by atoms with Crippen LogP contribution in [0.4, 0.5) is 0 Å². The SMILES string of the molecule is CCC(CC)(CNS(=O)(=O)c1cc(CN)oc1Br)SC. The van der Waals surface area contributed by atoms with E-state index < -0.39 is 10.0 Å². The van der Waals surface area contributed by atoms with Crippen molar-refractivity contribution in [3.8, 4) is 0 Å². The van der Waals surface area contributed by atoms with Crippen LogP contribution in [-0.2, 0) is 16.6 Å². The number of nitrogens with two attached hydrogens (primary N) is 1. The molecule has 0 aliphatic carbocycles. The van der Waals surface area contributed by atoms with Crippen LogP contribution in [0.1, 0.15) is 32.4 Å². The molecular weight excluding hydrogens is 364 g/mol. The van der Waals surface area contributed by atoms with Gasteiger partial charge in [-0.1, -0.05) is 13.8 Å². The molecule has 5 nitrogen and oxygen atoms in total. The van der Waals surface area contributed by atoms with Gasteiger partial charge in [-0.3, -0.25) is 0 Å². The molecule has 1 heterocycles. The average molecular weight is 385 g/mol. The van der Waals surface area contributed by atoms with Gasteiger partial charge in [-0.25, -0.2) is 13.1 Å². The van der Waals surface area contributed by atoms with Crippen molar-refractivity contribution in [1.82, 2.24) is 4.72 Å². The Morgan fingerprint density at radius 1 is 1.45 bits per heavy atom. The van der Waals surface area contributed by atoms with Crippen LogP contribution in [0, 0.1) is 0 Å². The first-order valence-corrected chi connectivity index (χ1v) is 9.87. The summed E-state index contributed by atoms with van der Waals surface area (Å²) in [5.41, 5.74) is 5.45. The zero-order chi connectivity index (χ0) is 15.4. The first-order chi connectivity index (χ1) is 9.34. The molecule has 0 amide bonds. The van der Waals surface area contributed by atoms with Gasteiger partial charge in [-0.05, 0) is 35.0 Å². The number of halogens is 1. The summed E-state index contributed by atoms with van der Waals surface area (Å²) in [6, 6.07) is 1.45. The number of hydrogen-bond donors (Lipinski definition) is 2. The van der Waals surface area contributed by atoms with E-state index in [1.54, 1.807) is 11.8 Å². The Kier molecular flexibility index (Phi) is 6.59. The summed E-state index contributed by atoms with van der Waals surface area (Å²) < 4.78 is 32.7. The van der Waals surface area contributed by atoms with Crippen LogP contribution in [0.15, 0.2) is 20.0 Å². The molecule has 20 heavy (non-hydrogen) atoms. The second-order valence-corrected chi connectivity index (χ2v) is 8.20. The fourth-order valence-electron chi connectivity index (χ4n) is 1.85. The summed E-state index contributed by atoms with van der Waals surface area (Å²) in [7, 11) is -3.60. The van der Waals surface area contributed by atoms with Crippen molar-refractivity contribution in [3.63, 3.8) is 0 Å². The lowest BCUT2D eigenvalue weighted by Gasteiger charge is -2.29. The van der Waals surface area contributed by atoms with Crippen LogP contribution < -0.4 is 10.5 Å². The third-order valence-corrected chi connectivity index (χ3v) is 7.35. The minimum Gasteiger partial charge on any atom is -0.452 e. The maximum atomic E-state index is 12.3. The van der Waals surface area contributed by atoms with Gasteiger partial charge in [0.1, 0.15) is 10.7 Å². The van der Waals surface area contributed by atoms with Gasteiger partial charge < -0.3 is 10.2 Å². The highest BCUT2D eigenvalue weighted by Gasteiger charge is 2.29. The lowest BCUT2D eigenvalue weighted by Crippen LogP contribution is -2.39. The minimum absolute atomic E-state index is 0.0834. The van der Waals surface area contributed by atoms with E-state index in [9.17, 15) is 8.42 Å². The van der Waals surface area contributed by atoms with E-state index in [0.29, 0.717) is 12.3 Å². The zero-order valence-electron chi connectivity index (χ0n) is 11.9. The molecule has 0 aliphatic heterocycles. The molecule has 0 saturated heterocycles. The molecule has 1 aromatic rings. The summed E-state index contributed by atoms with van der Waals surface area (Å²) >= 11 is 4.80. The summed E-state index contributed by atoms with van der Waals surface area (Å²) in [5.74, 6) is 0.430. The van der Waals surface area contributed by atoms with Gasteiger partial charge in [0.25, 0.3) is 0 Å². The zero-order valence-corrected chi connectivity index (χ0v) is 15.1. The third kappa shape index (κ3) is 4.00. The third-order valence-electron chi connectivity index (χ3n) is 3.50. The highest BCUT2D eigenvalue weighted by molar-refractivity contribution is 9.10. The predicted molar refractivity (Wildman–Crippen MR) is 86.3 cm³/mol. The summed E-state index contributed by atoms with van der Waals surface area (Å²) in [6.45, 7) is 4.68. The molecule has 1 rings (SSSR count). The normalized spacial score (nSPS) is 12.8. The van der Waals surface area contributed by atoms with E-state index in [-0.39, 0.29) is 20.9 Å². The molecule has 0 radical (unpaired) electrons. The Morgan fingerprint density at radius 3 is 2.45 bits per heavy atom. The van der Waals surface area contributed by atoms with E-state index in [2.05, 4.69) is 34.5 Å². The standard InChI is InChI=1S/C12H21BrN2O3S2/c1-4-12(5-2,19-3)8-15-20(16,17)10-6-9(7-14)18-11(10)13/h6,15H,4-5,7-8,14H2,1-3H3. The monoisotopic (exact) mass is 384 g/mol. The predicted octanol–water partition coefficient (Wildman–Crippen LogP) is 2.70. The van der Waals surface area contributed by atoms with Gasteiger partial charge in [0.2, 0.25) is 10.0 Å². The molecule has 0 aliphatic rings. The van der Waals surface area contributed by atoms with Crippen molar-refractivity contribution < 1.29 is 12.8 Å². The van der Waals surface area contributed by atoms with E-state index in [4.69, 9.17) is 10.2 Å². The highest BCUT2D eigenvalue weighted by Crippen LogP contribution is 2.31. The Hall–Kier alpha value is -0.0200. The molecule has 0 saturated carbocycles. The van der Waals surface area contributed by atoms with Gasteiger partial charge in [-0.15, -0.1) is 0 Å². The van der Waals surface area contributed by atoms with Crippen LogP contribution >= 0.6 is 27.7 Å². The molecule has 1 aromatic heterocycles. The number of furan rings is 1. The highest BCUT2D eigenvalue weighted by atomic mass is 79.9. The van der Waals surface area contributed by atoms with Crippen molar-refractivity contribution in [2.24, 2.45) is 5.73 Å². The second-order valence-electron chi connectivity index (χ2n) is 4.47. The Balaban J connectivity index is 2.92. The Morgan fingerprint density at radius 2 is 2.05 bits per heavy atom. The minimum atomic E-state index is -3.60. The molecule has 0 atom stereocenters. The fourth-order valence-corrected chi connectivity index (χ4v) is 4.86. The van der Waals surface area contributed by atoms with Gasteiger partial charge in [0, 0.05) is 17.4 Å². The maximum absolute atomic E-state index is 12.3. The first-order valence-electron chi connectivity index (χ1n) is 6.37. The first kappa shape index (κ1) is 18.0. The molecule has 116 valence electrons. The van der Waals surface area contributed by atoms with Crippen molar-refractivity contribution in [3.05, 3.63) is 16.5 Å². The molecule has 0 spiro atoms. The largest absolute Gasteiger partial charge is 0.452 e. The quantitative estimate of drug-likeness (QED) is 0.719. The van der Waals surface area contributed by atoms with E-state index in [1.165, 1.54) is 6.07 Å². The van der Waals surface area contributed by atoms with E-state index in [1.807, 2.05) is 6.26 Å². The van der Waals surface area contributed by atoms with Crippen LogP contribution in [0.3, 0.4) is 0 Å². The van der Waals surface area contributed by atoms with Crippen LogP contribution in [0.2, 0.25) is 0 Å². The number of hydrogen-bond acceptors (Lipinski definition) is 5. The number of rotatable bonds is 8. The van der Waals surface area contributed by atoms with Crippen LogP contribution in [0.25, 0.3) is 0 Å². The molecule has 0 bridgehead atoms. The lowest BCUT2D eigenvalue weighted by molar-refractivity contribution is 0.482. The van der Waals surface area contributed by atoms with Crippen LogP contribution in [-0.4, -0.2) is 26.0 Å². The molecule has 8 heteroatoms. The van der Waals surface area contributed by atoms with Gasteiger partial charge in [0.15, 0.2) is 4.67 Å². The Bertz CT molecular complexity index is 531. The average Bonchev–Trinajstić information content (AvgIpc) is 2.83.